The summed E-state index contributed by atoms with van der Waals surface area (Å²) < 4.78 is 1.97. The second-order valence-electron chi connectivity index (χ2n) is 4.63. The van der Waals surface area contributed by atoms with E-state index in [9.17, 15) is 0 Å². The molecular weight excluding hydrogens is 212 g/mol. The van der Waals surface area contributed by atoms with Crippen LogP contribution in [0.25, 0.3) is 0 Å². The molecular formula is C13H26N4. The van der Waals surface area contributed by atoms with Crippen molar-refractivity contribution in [2.24, 2.45) is 12.8 Å². The van der Waals surface area contributed by atoms with Gasteiger partial charge in [0.1, 0.15) is 0 Å². The van der Waals surface area contributed by atoms with Crippen molar-refractivity contribution in [3.8, 4) is 0 Å². The first-order valence-electron chi connectivity index (χ1n) is 6.55. The van der Waals surface area contributed by atoms with Crippen molar-refractivity contribution in [2.45, 2.75) is 46.2 Å². The highest BCUT2D eigenvalue weighted by Crippen LogP contribution is 2.13. The molecule has 1 heterocycles. The molecule has 0 aromatic carbocycles. The van der Waals surface area contributed by atoms with E-state index in [1.165, 1.54) is 18.5 Å². The maximum atomic E-state index is 5.71. The van der Waals surface area contributed by atoms with E-state index in [-0.39, 0.29) is 0 Å². The van der Waals surface area contributed by atoms with Gasteiger partial charge in [-0.3, -0.25) is 9.58 Å². The molecule has 0 aliphatic rings. The van der Waals surface area contributed by atoms with Crippen LogP contribution in [0.5, 0.6) is 0 Å². The summed E-state index contributed by atoms with van der Waals surface area (Å²) in [6.07, 6.45) is 2.35. The predicted molar refractivity (Wildman–Crippen MR) is 71.8 cm³/mol. The summed E-state index contributed by atoms with van der Waals surface area (Å²) in [5.74, 6) is 0. The van der Waals surface area contributed by atoms with Crippen molar-refractivity contribution >= 4 is 0 Å². The van der Waals surface area contributed by atoms with Crippen LogP contribution in [0.15, 0.2) is 6.07 Å². The molecule has 0 saturated heterocycles. The smallest absolute Gasteiger partial charge is 0.0597 e. The Morgan fingerprint density at radius 3 is 2.47 bits per heavy atom. The third kappa shape index (κ3) is 3.82. The van der Waals surface area contributed by atoms with Gasteiger partial charge in [-0.25, -0.2) is 0 Å². The summed E-state index contributed by atoms with van der Waals surface area (Å²) >= 11 is 0. The van der Waals surface area contributed by atoms with Gasteiger partial charge in [0.2, 0.25) is 0 Å². The standard InChI is InChI=1S/C13H26N4/c1-5-12(6-2)17(8-7-14)10-13-9-11(3)15-16(13)4/h9,12H,5-8,10,14H2,1-4H3. The van der Waals surface area contributed by atoms with Crippen LogP contribution >= 0.6 is 0 Å². The highest BCUT2D eigenvalue weighted by molar-refractivity contribution is 5.08. The molecule has 0 radical (unpaired) electrons. The van der Waals surface area contributed by atoms with Crippen LogP contribution in [-0.2, 0) is 13.6 Å². The minimum atomic E-state index is 0.619. The molecule has 0 aliphatic heterocycles. The average Bonchev–Trinajstić information content (AvgIpc) is 2.59. The minimum Gasteiger partial charge on any atom is -0.329 e. The quantitative estimate of drug-likeness (QED) is 0.786. The lowest BCUT2D eigenvalue weighted by Gasteiger charge is -2.29. The first kappa shape index (κ1) is 14.2. The van der Waals surface area contributed by atoms with Gasteiger partial charge in [-0.1, -0.05) is 13.8 Å². The van der Waals surface area contributed by atoms with Crippen molar-refractivity contribution in [3.63, 3.8) is 0 Å². The second kappa shape index (κ2) is 6.77. The van der Waals surface area contributed by atoms with E-state index in [1.54, 1.807) is 0 Å². The van der Waals surface area contributed by atoms with Crippen molar-refractivity contribution in [2.75, 3.05) is 13.1 Å². The molecule has 98 valence electrons. The van der Waals surface area contributed by atoms with Gasteiger partial charge in [0, 0.05) is 32.7 Å². The van der Waals surface area contributed by atoms with E-state index in [0.29, 0.717) is 12.6 Å². The monoisotopic (exact) mass is 238 g/mol. The molecule has 0 unspecified atom stereocenters. The third-order valence-corrected chi connectivity index (χ3v) is 3.34. The summed E-state index contributed by atoms with van der Waals surface area (Å²) in [6.45, 7) is 9.14. The topological polar surface area (TPSA) is 47.1 Å². The Labute approximate surface area is 105 Å². The van der Waals surface area contributed by atoms with Crippen molar-refractivity contribution in [1.82, 2.24) is 14.7 Å². The zero-order valence-electron chi connectivity index (χ0n) is 11.6. The lowest BCUT2D eigenvalue weighted by atomic mass is 10.1. The summed E-state index contributed by atoms with van der Waals surface area (Å²) in [5.41, 5.74) is 8.06. The molecule has 4 heteroatoms. The molecule has 0 atom stereocenters. The molecule has 1 aromatic heterocycles. The average molecular weight is 238 g/mol. The molecule has 0 amide bonds. The van der Waals surface area contributed by atoms with Crippen molar-refractivity contribution in [3.05, 3.63) is 17.5 Å². The van der Waals surface area contributed by atoms with E-state index in [1.807, 2.05) is 18.7 Å². The van der Waals surface area contributed by atoms with E-state index in [4.69, 9.17) is 5.73 Å². The molecule has 0 aliphatic carbocycles. The fraction of sp³-hybridized carbons (Fsp3) is 0.769. The Morgan fingerprint density at radius 1 is 1.41 bits per heavy atom. The molecule has 0 bridgehead atoms. The Kier molecular flexibility index (Phi) is 5.65. The molecule has 4 nitrogen and oxygen atoms in total. The molecule has 0 spiro atoms. The van der Waals surface area contributed by atoms with Gasteiger partial charge in [0.15, 0.2) is 0 Å². The SMILES string of the molecule is CCC(CC)N(CCN)Cc1cc(C)nn1C. The van der Waals surface area contributed by atoms with Crippen LogP contribution in [0.4, 0.5) is 0 Å². The number of hydrogen-bond donors (Lipinski definition) is 1. The molecule has 17 heavy (non-hydrogen) atoms. The number of rotatable bonds is 7. The van der Waals surface area contributed by atoms with Crippen LogP contribution in [0.2, 0.25) is 0 Å². The van der Waals surface area contributed by atoms with Crippen LogP contribution in [-0.4, -0.2) is 33.8 Å². The Morgan fingerprint density at radius 2 is 2.06 bits per heavy atom. The van der Waals surface area contributed by atoms with Gasteiger partial charge in [-0.15, -0.1) is 0 Å². The van der Waals surface area contributed by atoms with Crippen molar-refractivity contribution in [1.29, 1.82) is 0 Å². The molecule has 0 fully saturated rings. The first-order chi connectivity index (χ1) is 8.12. The highest BCUT2D eigenvalue weighted by atomic mass is 15.3. The van der Waals surface area contributed by atoms with Crippen molar-refractivity contribution < 1.29 is 0 Å². The predicted octanol–water partition coefficient (Wildman–Crippen LogP) is 1.68. The second-order valence-corrected chi connectivity index (χ2v) is 4.63. The Balaban J connectivity index is 2.75. The number of hydrogen-bond acceptors (Lipinski definition) is 3. The van der Waals surface area contributed by atoms with Crippen LogP contribution in [0.1, 0.15) is 38.1 Å². The van der Waals surface area contributed by atoms with Gasteiger partial charge < -0.3 is 5.73 Å². The van der Waals surface area contributed by atoms with Crippen LogP contribution < -0.4 is 5.73 Å². The zero-order chi connectivity index (χ0) is 12.8. The summed E-state index contributed by atoms with van der Waals surface area (Å²) in [4.78, 5) is 2.47. The number of aryl methyl sites for hydroxylation is 2. The Hall–Kier alpha value is -0.870. The van der Waals surface area contributed by atoms with E-state index >= 15 is 0 Å². The van der Waals surface area contributed by atoms with Crippen LogP contribution in [0.3, 0.4) is 0 Å². The summed E-state index contributed by atoms with van der Waals surface area (Å²) in [7, 11) is 2.01. The third-order valence-electron chi connectivity index (χ3n) is 3.34. The maximum absolute atomic E-state index is 5.71. The lowest BCUT2D eigenvalue weighted by molar-refractivity contribution is 0.178. The number of aromatic nitrogens is 2. The van der Waals surface area contributed by atoms with Gasteiger partial charge in [-0.05, 0) is 25.8 Å². The van der Waals surface area contributed by atoms with E-state index in [0.717, 1.165) is 18.8 Å². The molecule has 0 saturated carbocycles. The first-order valence-corrected chi connectivity index (χ1v) is 6.55. The van der Waals surface area contributed by atoms with E-state index in [2.05, 4.69) is 29.9 Å². The van der Waals surface area contributed by atoms with Gasteiger partial charge in [-0.2, -0.15) is 5.10 Å². The Bertz CT molecular complexity index is 328. The number of nitrogens with two attached hydrogens (primary N) is 1. The molecule has 1 rings (SSSR count). The van der Waals surface area contributed by atoms with Gasteiger partial charge >= 0.3 is 0 Å². The van der Waals surface area contributed by atoms with Crippen LogP contribution in [0, 0.1) is 6.92 Å². The number of nitrogens with zero attached hydrogens (tertiary/aromatic N) is 3. The normalized spacial score (nSPS) is 11.7. The van der Waals surface area contributed by atoms with Gasteiger partial charge in [0.25, 0.3) is 0 Å². The highest BCUT2D eigenvalue weighted by Gasteiger charge is 2.16. The summed E-state index contributed by atoms with van der Waals surface area (Å²) in [6, 6.07) is 2.78. The molecule has 2 N–H and O–H groups in total. The van der Waals surface area contributed by atoms with E-state index < -0.39 is 0 Å². The summed E-state index contributed by atoms with van der Waals surface area (Å²) in [5, 5.41) is 4.39. The maximum Gasteiger partial charge on any atom is 0.0597 e. The largest absolute Gasteiger partial charge is 0.329 e. The minimum absolute atomic E-state index is 0.619. The molecule has 1 aromatic rings. The van der Waals surface area contributed by atoms with Gasteiger partial charge in [0.05, 0.1) is 11.4 Å². The lowest BCUT2D eigenvalue weighted by Crippen LogP contribution is -2.38. The zero-order valence-corrected chi connectivity index (χ0v) is 11.6. The fourth-order valence-electron chi connectivity index (χ4n) is 2.38. The fourth-order valence-corrected chi connectivity index (χ4v) is 2.38.